The van der Waals surface area contributed by atoms with E-state index in [1.54, 1.807) is 0 Å². The van der Waals surface area contributed by atoms with Gasteiger partial charge in [0, 0.05) is 6.54 Å². The van der Waals surface area contributed by atoms with Gasteiger partial charge in [-0.2, -0.15) is 0 Å². The molecule has 0 unspecified atom stereocenters. The second kappa shape index (κ2) is 2.23. The van der Waals surface area contributed by atoms with Crippen molar-refractivity contribution in [1.29, 1.82) is 0 Å². The topological polar surface area (TPSA) is 32.3 Å². The molecule has 3 heteroatoms. The summed E-state index contributed by atoms with van der Waals surface area (Å²) < 4.78 is 12.7. The molecule has 2 N–H and O–H groups in total. The minimum Gasteiger partial charge on any atom is -0.386 e. The Morgan fingerprint density at radius 2 is 2.44 bits per heavy atom. The molecule has 9 heavy (non-hydrogen) atoms. The zero-order chi connectivity index (χ0) is 6.91. The number of piperidine rings is 1. The Morgan fingerprint density at radius 3 is 2.78 bits per heavy atom. The van der Waals surface area contributed by atoms with E-state index in [-0.39, 0.29) is 0 Å². The lowest BCUT2D eigenvalue weighted by molar-refractivity contribution is -0.0360. The van der Waals surface area contributed by atoms with Crippen LogP contribution in [-0.2, 0) is 0 Å². The molecular formula is C6H12FNO. The van der Waals surface area contributed by atoms with Crippen LogP contribution in [0.4, 0.5) is 4.39 Å². The minimum absolute atomic E-state index is 0.369. The Balaban J connectivity index is 2.49. The standard InChI is InChI=1S/C6H12FNO/c1-6(9)4-8-3-2-5(6)7/h5,8-9H,2-4H2,1H3/t5-,6+/m0/s1. The van der Waals surface area contributed by atoms with Crippen LogP contribution in [0.3, 0.4) is 0 Å². The van der Waals surface area contributed by atoms with Crippen molar-refractivity contribution < 1.29 is 9.50 Å². The third-order valence-corrected chi connectivity index (χ3v) is 1.73. The van der Waals surface area contributed by atoms with Crippen molar-refractivity contribution in [1.82, 2.24) is 5.32 Å². The number of halogens is 1. The predicted octanol–water partition coefficient (Wildman–Crippen LogP) is 0.0688. The average Bonchev–Trinajstić information content (AvgIpc) is 1.77. The molecule has 0 amide bonds. The van der Waals surface area contributed by atoms with E-state index < -0.39 is 11.8 Å². The Kier molecular flexibility index (Phi) is 1.73. The van der Waals surface area contributed by atoms with Gasteiger partial charge in [-0.05, 0) is 19.9 Å². The van der Waals surface area contributed by atoms with Gasteiger partial charge < -0.3 is 10.4 Å². The molecule has 1 fully saturated rings. The van der Waals surface area contributed by atoms with Gasteiger partial charge in [-0.1, -0.05) is 0 Å². The fourth-order valence-corrected chi connectivity index (χ4v) is 0.992. The summed E-state index contributed by atoms with van der Waals surface area (Å²) in [7, 11) is 0. The summed E-state index contributed by atoms with van der Waals surface area (Å²) in [5, 5.41) is 12.1. The fraction of sp³-hybridized carbons (Fsp3) is 1.00. The highest BCUT2D eigenvalue weighted by Gasteiger charge is 2.34. The molecule has 1 heterocycles. The van der Waals surface area contributed by atoms with Crippen molar-refractivity contribution in [2.24, 2.45) is 0 Å². The fourth-order valence-electron chi connectivity index (χ4n) is 0.992. The molecule has 1 aliphatic rings. The summed E-state index contributed by atoms with van der Waals surface area (Å²) in [5.41, 5.74) is -1.14. The monoisotopic (exact) mass is 133 g/mol. The Morgan fingerprint density at radius 1 is 1.78 bits per heavy atom. The number of hydrogen-bond donors (Lipinski definition) is 2. The van der Waals surface area contributed by atoms with Crippen LogP contribution in [-0.4, -0.2) is 30.0 Å². The van der Waals surface area contributed by atoms with Crippen LogP contribution < -0.4 is 5.32 Å². The summed E-state index contributed by atoms with van der Waals surface area (Å²) >= 11 is 0. The van der Waals surface area contributed by atoms with Gasteiger partial charge in [0.15, 0.2) is 0 Å². The maximum atomic E-state index is 12.7. The lowest BCUT2D eigenvalue weighted by Crippen LogP contribution is -2.51. The van der Waals surface area contributed by atoms with Gasteiger partial charge in [0.1, 0.15) is 11.8 Å². The molecule has 1 aliphatic heterocycles. The van der Waals surface area contributed by atoms with Crippen LogP contribution in [0.1, 0.15) is 13.3 Å². The maximum absolute atomic E-state index is 12.7. The second-order valence-electron chi connectivity index (χ2n) is 2.79. The van der Waals surface area contributed by atoms with E-state index in [9.17, 15) is 9.50 Å². The molecule has 0 aromatic rings. The molecule has 0 aromatic carbocycles. The molecule has 1 saturated heterocycles. The first kappa shape index (κ1) is 6.96. The van der Waals surface area contributed by atoms with E-state index in [0.717, 1.165) is 0 Å². The number of rotatable bonds is 0. The Labute approximate surface area is 54.1 Å². The molecule has 0 aliphatic carbocycles. The summed E-state index contributed by atoms with van der Waals surface area (Å²) in [6, 6.07) is 0. The lowest BCUT2D eigenvalue weighted by Gasteiger charge is -2.32. The van der Waals surface area contributed by atoms with Crippen LogP contribution in [0.2, 0.25) is 0 Å². The summed E-state index contributed by atoms with van der Waals surface area (Å²) in [4.78, 5) is 0. The summed E-state index contributed by atoms with van der Waals surface area (Å²) in [6.07, 6.45) is -0.633. The predicted molar refractivity (Wildman–Crippen MR) is 33.0 cm³/mol. The zero-order valence-electron chi connectivity index (χ0n) is 5.52. The van der Waals surface area contributed by atoms with Crippen molar-refractivity contribution in [3.8, 4) is 0 Å². The van der Waals surface area contributed by atoms with Crippen molar-refractivity contribution in [3.63, 3.8) is 0 Å². The number of alkyl halides is 1. The molecule has 0 aromatic heterocycles. The SMILES string of the molecule is C[C@@]1(O)CNCC[C@@H]1F. The molecule has 0 spiro atoms. The zero-order valence-corrected chi connectivity index (χ0v) is 5.52. The maximum Gasteiger partial charge on any atom is 0.131 e. The van der Waals surface area contributed by atoms with E-state index in [1.165, 1.54) is 6.92 Å². The van der Waals surface area contributed by atoms with E-state index in [4.69, 9.17) is 0 Å². The minimum atomic E-state index is -1.14. The van der Waals surface area contributed by atoms with Gasteiger partial charge in [0.2, 0.25) is 0 Å². The smallest absolute Gasteiger partial charge is 0.131 e. The molecule has 2 atom stereocenters. The van der Waals surface area contributed by atoms with Gasteiger partial charge in [-0.15, -0.1) is 0 Å². The van der Waals surface area contributed by atoms with Crippen molar-refractivity contribution in [3.05, 3.63) is 0 Å². The Hall–Kier alpha value is -0.150. The number of hydrogen-bond acceptors (Lipinski definition) is 2. The van der Waals surface area contributed by atoms with Crippen LogP contribution in [0, 0.1) is 0 Å². The number of β-amino-alcohol motifs (C(OH)–C–C–N with tert-alkyl or cyclic N) is 1. The Bertz CT molecular complexity index is 105. The normalized spacial score (nSPS) is 45.0. The van der Waals surface area contributed by atoms with Gasteiger partial charge in [0.05, 0.1) is 0 Å². The highest BCUT2D eigenvalue weighted by Crippen LogP contribution is 2.18. The summed E-state index contributed by atoms with van der Waals surface area (Å²) in [6.45, 7) is 2.56. The van der Waals surface area contributed by atoms with Crippen LogP contribution in [0.15, 0.2) is 0 Å². The highest BCUT2D eigenvalue weighted by atomic mass is 19.1. The quantitative estimate of drug-likeness (QED) is 0.490. The van der Waals surface area contributed by atoms with Gasteiger partial charge in [-0.3, -0.25) is 0 Å². The van der Waals surface area contributed by atoms with Crippen molar-refractivity contribution >= 4 is 0 Å². The van der Waals surface area contributed by atoms with Crippen molar-refractivity contribution in [2.75, 3.05) is 13.1 Å². The molecule has 54 valence electrons. The number of nitrogens with one attached hydrogen (secondary N) is 1. The molecule has 1 rings (SSSR count). The highest BCUT2D eigenvalue weighted by molar-refractivity contribution is 4.88. The lowest BCUT2D eigenvalue weighted by atomic mass is 9.95. The third-order valence-electron chi connectivity index (χ3n) is 1.73. The molecular weight excluding hydrogens is 121 g/mol. The molecule has 0 bridgehead atoms. The van der Waals surface area contributed by atoms with Gasteiger partial charge >= 0.3 is 0 Å². The largest absolute Gasteiger partial charge is 0.386 e. The van der Waals surface area contributed by atoms with E-state index in [1.807, 2.05) is 0 Å². The second-order valence-corrected chi connectivity index (χ2v) is 2.79. The molecule has 0 radical (unpaired) electrons. The van der Waals surface area contributed by atoms with E-state index in [0.29, 0.717) is 19.5 Å². The third kappa shape index (κ3) is 1.40. The average molecular weight is 133 g/mol. The van der Waals surface area contributed by atoms with Gasteiger partial charge in [-0.25, -0.2) is 4.39 Å². The first-order chi connectivity index (χ1) is 4.13. The van der Waals surface area contributed by atoms with Crippen molar-refractivity contribution in [2.45, 2.75) is 25.1 Å². The first-order valence-electron chi connectivity index (χ1n) is 3.20. The molecule has 2 nitrogen and oxygen atoms in total. The molecule has 0 saturated carbocycles. The van der Waals surface area contributed by atoms with Crippen LogP contribution in [0.5, 0.6) is 0 Å². The summed E-state index contributed by atoms with van der Waals surface area (Å²) in [5.74, 6) is 0. The van der Waals surface area contributed by atoms with Crippen LogP contribution in [0.25, 0.3) is 0 Å². The van der Waals surface area contributed by atoms with E-state index in [2.05, 4.69) is 5.32 Å². The van der Waals surface area contributed by atoms with E-state index >= 15 is 0 Å². The van der Waals surface area contributed by atoms with Crippen LogP contribution >= 0.6 is 0 Å². The van der Waals surface area contributed by atoms with Gasteiger partial charge in [0.25, 0.3) is 0 Å². The first-order valence-corrected chi connectivity index (χ1v) is 3.20. The number of aliphatic hydroxyl groups is 1.